The van der Waals surface area contributed by atoms with Gasteiger partial charge in [0.05, 0.1) is 4.47 Å². The highest BCUT2D eigenvalue weighted by atomic mass is 79.9. The summed E-state index contributed by atoms with van der Waals surface area (Å²) in [5, 5.41) is 2.34. The van der Waals surface area contributed by atoms with E-state index in [1.807, 2.05) is 38.1 Å². The third-order valence-electron chi connectivity index (χ3n) is 2.52. The molecule has 1 atom stereocenters. The molecule has 0 fully saturated rings. The van der Waals surface area contributed by atoms with E-state index in [4.69, 9.17) is 9.47 Å². The van der Waals surface area contributed by atoms with Gasteiger partial charge in [0.25, 0.3) is 0 Å². The quantitative estimate of drug-likeness (QED) is 0.780. The van der Waals surface area contributed by atoms with Crippen molar-refractivity contribution in [2.24, 2.45) is 0 Å². The van der Waals surface area contributed by atoms with Crippen LogP contribution in [-0.2, 0) is 4.74 Å². The fourth-order valence-electron chi connectivity index (χ4n) is 1.75. The Morgan fingerprint density at radius 3 is 2.71 bits per heavy atom. The summed E-state index contributed by atoms with van der Waals surface area (Å²) in [5.74, 6) is 0.810. The fraction of sp³-hybridized carbons (Fsp3) is 0.286. The standard InChI is InChI=1S/C14H15BrO2/c1-3-16-10(2)17-13-9-8-11-6-4-5-7-12(11)14(13)15/h4-10H,3H2,1-2H3. The number of rotatable bonds is 4. The number of halogens is 1. The average molecular weight is 295 g/mol. The second-order valence-corrected chi connectivity index (χ2v) is 4.53. The summed E-state index contributed by atoms with van der Waals surface area (Å²) in [6.45, 7) is 4.49. The fourth-order valence-corrected chi connectivity index (χ4v) is 2.34. The Morgan fingerprint density at radius 1 is 1.18 bits per heavy atom. The number of benzene rings is 2. The first-order valence-electron chi connectivity index (χ1n) is 5.68. The van der Waals surface area contributed by atoms with E-state index in [1.54, 1.807) is 0 Å². The summed E-state index contributed by atoms with van der Waals surface area (Å²) in [6, 6.07) is 12.2. The molecule has 0 aliphatic rings. The first-order valence-corrected chi connectivity index (χ1v) is 6.47. The molecule has 0 saturated carbocycles. The second kappa shape index (κ2) is 5.52. The van der Waals surface area contributed by atoms with Crippen molar-refractivity contribution in [1.82, 2.24) is 0 Å². The monoisotopic (exact) mass is 294 g/mol. The third kappa shape index (κ3) is 2.79. The summed E-state index contributed by atoms with van der Waals surface area (Å²) in [4.78, 5) is 0. The summed E-state index contributed by atoms with van der Waals surface area (Å²) >= 11 is 3.58. The van der Waals surface area contributed by atoms with Crippen LogP contribution in [0.1, 0.15) is 13.8 Å². The zero-order valence-corrected chi connectivity index (χ0v) is 11.5. The first kappa shape index (κ1) is 12.4. The van der Waals surface area contributed by atoms with E-state index >= 15 is 0 Å². The highest BCUT2D eigenvalue weighted by Gasteiger charge is 2.09. The van der Waals surface area contributed by atoms with Crippen molar-refractivity contribution in [1.29, 1.82) is 0 Å². The lowest BCUT2D eigenvalue weighted by atomic mass is 10.1. The third-order valence-corrected chi connectivity index (χ3v) is 3.34. The van der Waals surface area contributed by atoms with Gasteiger partial charge >= 0.3 is 0 Å². The van der Waals surface area contributed by atoms with E-state index in [1.165, 1.54) is 5.39 Å². The molecule has 0 N–H and O–H groups in total. The van der Waals surface area contributed by atoms with Crippen LogP contribution in [-0.4, -0.2) is 12.9 Å². The molecule has 0 spiro atoms. The maximum Gasteiger partial charge on any atom is 0.197 e. The van der Waals surface area contributed by atoms with Crippen LogP contribution in [0.4, 0.5) is 0 Å². The van der Waals surface area contributed by atoms with Gasteiger partial charge in [-0.25, -0.2) is 0 Å². The molecule has 17 heavy (non-hydrogen) atoms. The van der Waals surface area contributed by atoms with E-state index in [0.717, 1.165) is 15.6 Å². The summed E-state index contributed by atoms with van der Waals surface area (Å²) in [7, 11) is 0. The normalized spacial score (nSPS) is 12.6. The van der Waals surface area contributed by atoms with Crippen LogP contribution in [0, 0.1) is 0 Å². The van der Waals surface area contributed by atoms with Crippen LogP contribution < -0.4 is 4.74 Å². The van der Waals surface area contributed by atoms with Gasteiger partial charge in [-0.1, -0.05) is 30.3 Å². The lowest BCUT2D eigenvalue weighted by Gasteiger charge is -2.16. The van der Waals surface area contributed by atoms with Gasteiger partial charge in [0.1, 0.15) is 5.75 Å². The molecule has 0 saturated heterocycles. The lowest BCUT2D eigenvalue weighted by Crippen LogP contribution is -2.16. The smallest absolute Gasteiger partial charge is 0.197 e. The van der Waals surface area contributed by atoms with Crippen LogP contribution >= 0.6 is 15.9 Å². The first-order chi connectivity index (χ1) is 8.22. The average Bonchev–Trinajstić information content (AvgIpc) is 2.33. The highest BCUT2D eigenvalue weighted by molar-refractivity contribution is 9.10. The summed E-state index contributed by atoms with van der Waals surface area (Å²) in [6.07, 6.45) is -0.238. The SMILES string of the molecule is CCOC(C)Oc1ccc2ccccc2c1Br. The zero-order valence-electron chi connectivity index (χ0n) is 9.94. The molecular formula is C14H15BrO2. The van der Waals surface area contributed by atoms with Gasteiger partial charge in [0.2, 0.25) is 0 Å². The van der Waals surface area contributed by atoms with Gasteiger partial charge in [0.15, 0.2) is 6.29 Å². The molecule has 0 heterocycles. The molecule has 2 nitrogen and oxygen atoms in total. The van der Waals surface area contributed by atoms with E-state index < -0.39 is 0 Å². The molecule has 1 unspecified atom stereocenters. The van der Waals surface area contributed by atoms with Gasteiger partial charge in [-0.3, -0.25) is 0 Å². The minimum atomic E-state index is -0.238. The molecule has 0 amide bonds. The molecule has 0 radical (unpaired) electrons. The van der Waals surface area contributed by atoms with Gasteiger partial charge in [-0.2, -0.15) is 0 Å². The number of hydrogen-bond donors (Lipinski definition) is 0. The summed E-state index contributed by atoms with van der Waals surface area (Å²) < 4.78 is 12.1. The van der Waals surface area contributed by atoms with Gasteiger partial charge < -0.3 is 9.47 Å². The van der Waals surface area contributed by atoms with Crippen molar-refractivity contribution in [3.05, 3.63) is 40.9 Å². The maximum absolute atomic E-state index is 5.72. The Bertz CT molecular complexity index is 511. The highest BCUT2D eigenvalue weighted by Crippen LogP contribution is 2.33. The molecule has 2 aromatic rings. The molecule has 90 valence electrons. The predicted molar refractivity (Wildman–Crippen MR) is 73.4 cm³/mol. The minimum absolute atomic E-state index is 0.238. The molecular weight excluding hydrogens is 280 g/mol. The molecule has 3 heteroatoms. The van der Waals surface area contributed by atoms with Gasteiger partial charge in [-0.15, -0.1) is 0 Å². The molecule has 0 aromatic heterocycles. The van der Waals surface area contributed by atoms with Crippen LogP contribution in [0.3, 0.4) is 0 Å². The predicted octanol–water partition coefficient (Wildman–Crippen LogP) is 4.36. The number of ether oxygens (including phenoxy) is 2. The Kier molecular flexibility index (Phi) is 4.02. The number of hydrogen-bond acceptors (Lipinski definition) is 2. The van der Waals surface area contributed by atoms with Gasteiger partial charge in [0, 0.05) is 6.61 Å². The topological polar surface area (TPSA) is 18.5 Å². The summed E-state index contributed by atoms with van der Waals surface area (Å²) in [5.41, 5.74) is 0. The Balaban J connectivity index is 2.32. The van der Waals surface area contributed by atoms with E-state index in [2.05, 4.69) is 28.1 Å². The number of fused-ring (bicyclic) bond motifs is 1. The van der Waals surface area contributed by atoms with E-state index in [9.17, 15) is 0 Å². The second-order valence-electron chi connectivity index (χ2n) is 3.74. The molecule has 2 aromatic carbocycles. The zero-order chi connectivity index (χ0) is 12.3. The largest absolute Gasteiger partial charge is 0.464 e. The van der Waals surface area contributed by atoms with Crippen LogP contribution in [0.15, 0.2) is 40.9 Å². The van der Waals surface area contributed by atoms with Crippen molar-refractivity contribution in [2.75, 3.05) is 6.61 Å². The Labute approximate surface area is 110 Å². The molecule has 0 aliphatic heterocycles. The van der Waals surface area contributed by atoms with Crippen molar-refractivity contribution in [3.8, 4) is 5.75 Å². The van der Waals surface area contributed by atoms with Crippen molar-refractivity contribution < 1.29 is 9.47 Å². The lowest BCUT2D eigenvalue weighted by molar-refractivity contribution is -0.0616. The van der Waals surface area contributed by atoms with Crippen molar-refractivity contribution >= 4 is 26.7 Å². The van der Waals surface area contributed by atoms with Crippen LogP contribution in [0.5, 0.6) is 5.75 Å². The molecule has 0 bridgehead atoms. The van der Waals surface area contributed by atoms with Crippen molar-refractivity contribution in [2.45, 2.75) is 20.1 Å². The molecule has 0 aliphatic carbocycles. The molecule has 2 rings (SSSR count). The van der Waals surface area contributed by atoms with Crippen molar-refractivity contribution in [3.63, 3.8) is 0 Å². The minimum Gasteiger partial charge on any atom is -0.464 e. The maximum atomic E-state index is 5.72. The van der Waals surface area contributed by atoms with Crippen LogP contribution in [0.25, 0.3) is 10.8 Å². The van der Waals surface area contributed by atoms with E-state index in [0.29, 0.717) is 6.61 Å². The van der Waals surface area contributed by atoms with E-state index in [-0.39, 0.29) is 6.29 Å². The Morgan fingerprint density at radius 2 is 1.94 bits per heavy atom. The van der Waals surface area contributed by atoms with Gasteiger partial charge in [-0.05, 0) is 46.6 Å². The van der Waals surface area contributed by atoms with Crippen LogP contribution in [0.2, 0.25) is 0 Å². The Hall–Kier alpha value is -1.06.